The average Bonchev–Trinajstić information content (AvgIpc) is 4.16. The number of rotatable bonds is 5. The molecule has 4 heterocycles. The Labute approximate surface area is 420 Å². The number of aromatic nitrogens is 3. The molecule has 0 saturated carbocycles. The van der Waals surface area contributed by atoms with E-state index in [1.807, 2.05) is 42.5 Å². The van der Waals surface area contributed by atoms with Crippen LogP contribution in [0.4, 0.5) is 11.4 Å². The third-order valence-corrected chi connectivity index (χ3v) is 14.2. The zero-order chi connectivity index (χ0) is 54.2. The van der Waals surface area contributed by atoms with Gasteiger partial charge in [-0.05, 0) is 112 Å². The van der Waals surface area contributed by atoms with Crippen molar-refractivity contribution in [3.8, 4) is 28.4 Å². The van der Waals surface area contributed by atoms with E-state index in [1.165, 1.54) is 38.7 Å². The van der Waals surface area contributed by atoms with Crippen LogP contribution in [0.3, 0.4) is 0 Å². The highest BCUT2D eigenvalue weighted by Crippen LogP contribution is 2.46. The van der Waals surface area contributed by atoms with Crippen LogP contribution in [0.15, 0.2) is 176 Å². The third-order valence-electron chi connectivity index (χ3n) is 14.2. The van der Waals surface area contributed by atoms with Crippen molar-refractivity contribution in [2.75, 3.05) is 4.90 Å². The molecule has 70 heavy (non-hydrogen) atoms. The van der Waals surface area contributed by atoms with Crippen LogP contribution in [-0.4, -0.2) is 14.1 Å². The van der Waals surface area contributed by atoms with Gasteiger partial charge in [0.15, 0.2) is 0 Å². The van der Waals surface area contributed by atoms with E-state index in [0.29, 0.717) is 45.6 Å². The zero-order valence-corrected chi connectivity index (χ0v) is 40.8. The topological polar surface area (TPSA) is 35.2 Å². The molecular weight excluding hydrogens is 853 g/mol. The number of hydrogen-bond donors (Lipinski definition) is 0. The molecule has 344 valence electrons. The third kappa shape index (κ3) is 7.09. The van der Waals surface area contributed by atoms with E-state index in [0.717, 1.165) is 44.3 Å². The maximum Gasteiger partial charge on any atom is 0.137 e. The molecule has 0 saturated heterocycles. The summed E-state index contributed by atoms with van der Waals surface area (Å²) in [6.45, 7) is 15.2. The van der Waals surface area contributed by atoms with E-state index in [4.69, 9.17) is 16.6 Å². The second-order valence-electron chi connectivity index (χ2n) is 20.9. The Balaban J connectivity index is 1.04. The van der Waals surface area contributed by atoms with Gasteiger partial charge in [0.2, 0.25) is 0 Å². The van der Waals surface area contributed by atoms with Crippen molar-refractivity contribution in [3.63, 3.8) is 0 Å². The first-order chi connectivity index (χ1) is 36.6. The van der Waals surface area contributed by atoms with Gasteiger partial charge in [-0.25, -0.2) is 4.98 Å². The summed E-state index contributed by atoms with van der Waals surface area (Å²) in [5.41, 5.74) is 10.1. The van der Waals surface area contributed by atoms with Crippen molar-refractivity contribution in [2.45, 2.75) is 79.7 Å². The summed E-state index contributed by atoms with van der Waals surface area (Å²) >= 11 is 0. The fraction of sp³-hybridized carbons (Fsp3) is 0.185. The van der Waals surface area contributed by atoms with Crippen molar-refractivity contribution >= 4 is 76.5 Å². The zero-order valence-electron chi connectivity index (χ0n) is 47.8. The molecule has 0 atom stereocenters. The van der Waals surface area contributed by atoms with Gasteiger partial charge < -0.3 is 14.2 Å². The Bertz CT molecular complexity index is 4370. The SMILES string of the molecule is [2H]c1c([2H])c([2H])c2c(c1[2H])c1ccc(Oc3cc(N4Cn5c6c(C)cccc6c6cc(C)ccc6c6ccccc6c6cccc4c65)ccc3C(C)(C)C)cc1n2-c1cc(C([2H])([2H])[2H])c(-c2ccc(C(C)(C)C)cc2)cn1. The molecule has 0 fully saturated rings. The lowest BCUT2D eigenvalue weighted by atomic mass is 9.86. The van der Waals surface area contributed by atoms with Gasteiger partial charge in [-0.2, -0.15) is 0 Å². The minimum absolute atomic E-state index is 0.0648. The first kappa shape index (κ1) is 36.1. The van der Waals surface area contributed by atoms with Crippen molar-refractivity contribution < 1.29 is 14.3 Å². The Morgan fingerprint density at radius 2 is 1.30 bits per heavy atom. The van der Waals surface area contributed by atoms with E-state index in [9.17, 15) is 2.74 Å². The predicted octanol–water partition coefficient (Wildman–Crippen LogP) is 17.8. The van der Waals surface area contributed by atoms with Crippen LogP contribution >= 0.6 is 0 Å². The molecule has 8 aromatic carbocycles. The van der Waals surface area contributed by atoms with Crippen LogP contribution in [0, 0.1) is 20.7 Å². The van der Waals surface area contributed by atoms with E-state index in [1.54, 1.807) is 10.8 Å². The lowest BCUT2D eigenvalue weighted by molar-refractivity contribution is 0.456. The first-order valence-electron chi connectivity index (χ1n) is 27.6. The van der Waals surface area contributed by atoms with Crippen molar-refractivity contribution in [2.24, 2.45) is 0 Å². The highest BCUT2D eigenvalue weighted by Gasteiger charge is 2.28. The van der Waals surface area contributed by atoms with Gasteiger partial charge in [-0.3, -0.25) is 4.57 Å². The Morgan fingerprint density at radius 3 is 2.07 bits per heavy atom. The van der Waals surface area contributed by atoms with Crippen molar-refractivity contribution in [1.82, 2.24) is 14.1 Å². The van der Waals surface area contributed by atoms with Crippen molar-refractivity contribution in [1.29, 1.82) is 0 Å². The minimum Gasteiger partial charge on any atom is -0.457 e. The van der Waals surface area contributed by atoms with E-state index < -0.39 is 12.9 Å². The molecule has 1 aliphatic rings. The van der Waals surface area contributed by atoms with Gasteiger partial charge in [-0.15, -0.1) is 0 Å². The van der Waals surface area contributed by atoms with Crippen LogP contribution in [0.1, 0.15) is 79.0 Å². The van der Waals surface area contributed by atoms with Gasteiger partial charge in [0.1, 0.15) is 24.0 Å². The van der Waals surface area contributed by atoms with E-state index in [2.05, 4.69) is 162 Å². The maximum atomic E-state index is 9.28. The lowest BCUT2D eigenvalue weighted by Gasteiger charge is -2.26. The van der Waals surface area contributed by atoms with Crippen LogP contribution in [0.2, 0.25) is 0 Å². The summed E-state index contributed by atoms with van der Waals surface area (Å²) in [7, 11) is 0. The Hall–Kier alpha value is -7.89. The van der Waals surface area contributed by atoms with Crippen LogP contribution in [0.5, 0.6) is 11.5 Å². The Morgan fingerprint density at radius 1 is 0.586 bits per heavy atom. The molecule has 0 unspecified atom stereocenters. The molecule has 3 aromatic heterocycles. The number of anilines is 2. The van der Waals surface area contributed by atoms with Gasteiger partial charge in [0.25, 0.3) is 0 Å². The fourth-order valence-corrected chi connectivity index (χ4v) is 10.7. The molecule has 0 amide bonds. The van der Waals surface area contributed by atoms with E-state index >= 15 is 0 Å². The molecule has 11 aromatic rings. The summed E-state index contributed by atoms with van der Waals surface area (Å²) in [5, 5.41) is 7.86. The van der Waals surface area contributed by atoms with Gasteiger partial charge in [-0.1, -0.05) is 168 Å². The number of ether oxygens (including phenoxy) is 1. The van der Waals surface area contributed by atoms with Gasteiger partial charge >= 0.3 is 0 Å². The largest absolute Gasteiger partial charge is 0.457 e. The van der Waals surface area contributed by atoms with Crippen LogP contribution < -0.4 is 9.64 Å². The molecular formula is C65H58N4O. The number of fused-ring (bicyclic) bond motifs is 10. The number of para-hydroxylation sites is 3. The minimum atomic E-state index is -2.56. The molecule has 12 rings (SSSR count). The molecule has 1 aliphatic heterocycles. The smallest absolute Gasteiger partial charge is 0.137 e. The van der Waals surface area contributed by atoms with Gasteiger partial charge in [0.05, 0.1) is 33.2 Å². The summed E-state index contributed by atoms with van der Waals surface area (Å²) in [6, 6.07) is 48.7. The van der Waals surface area contributed by atoms with Crippen LogP contribution in [-0.2, 0) is 17.5 Å². The number of pyridine rings is 1. The second-order valence-corrected chi connectivity index (χ2v) is 20.9. The standard InChI is InChI=1S/C65H58N4O/c1-40-24-31-49-47-17-10-11-18-48(47)52-21-15-23-58-63(52)68(62-41(2)16-14-20-53(62)54(49)34-40)39-67(58)45-29-33-56(65(7,8)9)60(36-45)70-46-30-32-51-50-19-12-13-22-57(50)69(59(51)37-46)61-35-42(3)55(38-66-61)43-25-27-44(28-26-43)64(4,5)6/h10-38H,39H2,1-9H3/i3D3,12D,13D,19D,22D. The normalized spacial score (nSPS) is 14.5. The molecule has 5 nitrogen and oxygen atoms in total. The van der Waals surface area contributed by atoms with Crippen LogP contribution in [0.25, 0.3) is 82.1 Å². The molecule has 0 spiro atoms. The highest BCUT2D eigenvalue weighted by molar-refractivity contribution is 6.21. The first-order valence-corrected chi connectivity index (χ1v) is 24.1. The molecule has 0 aliphatic carbocycles. The quantitative estimate of drug-likeness (QED) is 0.173. The predicted molar refractivity (Wildman–Crippen MR) is 296 cm³/mol. The second kappa shape index (κ2) is 16.1. The maximum absolute atomic E-state index is 9.28. The summed E-state index contributed by atoms with van der Waals surface area (Å²) in [5.74, 6) is 1.28. The van der Waals surface area contributed by atoms with Crippen molar-refractivity contribution in [3.05, 3.63) is 204 Å². The monoisotopic (exact) mass is 918 g/mol. The average molecular weight is 918 g/mol. The number of aryl methyl sites for hydroxylation is 3. The number of hydrogen-bond acceptors (Lipinski definition) is 3. The summed E-state index contributed by atoms with van der Waals surface area (Å²) in [6.07, 6.45) is 1.55. The lowest BCUT2D eigenvalue weighted by Crippen LogP contribution is -2.17. The summed E-state index contributed by atoms with van der Waals surface area (Å²) < 4.78 is 73.5. The molecule has 0 radical (unpaired) electrons. The highest BCUT2D eigenvalue weighted by atomic mass is 16.5. The molecule has 5 heteroatoms. The van der Waals surface area contributed by atoms with E-state index in [-0.39, 0.29) is 45.9 Å². The molecule has 0 N–H and O–H groups in total. The molecule has 0 bridgehead atoms. The number of benzene rings is 8. The fourth-order valence-electron chi connectivity index (χ4n) is 10.7. The Kier molecular flexibility index (Phi) is 8.31. The number of nitrogens with zero attached hydrogens (tertiary/aromatic N) is 4. The van der Waals surface area contributed by atoms with Gasteiger partial charge in [0, 0.05) is 60.8 Å². The summed E-state index contributed by atoms with van der Waals surface area (Å²) in [4.78, 5) is 7.25.